The smallest absolute Gasteiger partial charge is 0.255 e. The number of nitrogen functional groups attached to an aromatic ring is 1. The number of benzene rings is 2. The predicted molar refractivity (Wildman–Crippen MR) is 81.7 cm³/mol. The SMILES string of the molecule is Cc1cc(O)ccc1NC(=O)c1cc(Cl)c(N)c(Cl)c1. The zero-order valence-corrected chi connectivity index (χ0v) is 12.1. The van der Waals surface area contributed by atoms with Crippen LogP contribution < -0.4 is 11.1 Å². The first-order valence-corrected chi connectivity index (χ1v) is 6.49. The van der Waals surface area contributed by atoms with Crippen molar-refractivity contribution in [1.29, 1.82) is 0 Å². The number of aryl methyl sites for hydroxylation is 1. The molecule has 2 aromatic rings. The molecule has 0 bridgehead atoms. The Morgan fingerprint density at radius 1 is 1.20 bits per heavy atom. The number of carbonyl (C=O) groups excluding carboxylic acids is 1. The number of amides is 1. The van der Waals surface area contributed by atoms with Gasteiger partial charge in [0.1, 0.15) is 5.75 Å². The second kappa shape index (κ2) is 5.61. The maximum atomic E-state index is 12.1. The second-order valence-electron chi connectivity index (χ2n) is 4.31. The Morgan fingerprint density at radius 3 is 2.35 bits per heavy atom. The zero-order valence-electron chi connectivity index (χ0n) is 10.6. The van der Waals surface area contributed by atoms with Crippen molar-refractivity contribution in [2.24, 2.45) is 0 Å². The molecule has 2 aromatic carbocycles. The highest BCUT2D eigenvalue weighted by Crippen LogP contribution is 2.29. The van der Waals surface area contributed by atoms with Crippen molar-refractivity contribution in [3.05, 3.63) is 51.5 Å². The highest BCUT2D eigenvalue weighted by molar-refractivity contribution is 6.39. The third-order valence-corrected chi connectivity index (χ3v) is 3.42. The van der Waals surface area contributed by atoms with Gasteiger partial charge in [-0.25, -0.2) is 0 Å². The summed E-state index contributed by atoms with van der Waals surface area (Å²) in [4.78, 5) is 12.1. The van der Waals surface area contributed by atoms with Crippen molar-refractivity contribution < 1.29 is 9.90 Å². The van der Waals surface area contributed by atoms with Crippen LogP contribution in [-0.2, 0) is 0 Å². The molecule has 2 rings (SSSR count). The van der Waals surface area contributed by atoms with E-state index in [-0.39, 0.29) is 27.4 Å². The van der Waals surface area contributed by atoms with E-state index in [2.05, 4.69) is 5.32 Å². The number of rotatable bonds is 2. The Labute approximate surface area is 126 Å². The van der Waals surface area contributed by atoms with E-state index in [0.29, 0.717) is 11.3 Å². The van der Waals surface area contributed by atoms with Crippen LogP contribution in [0.15, 0.2) is 30.3 Å². The van der Waals surface area contributed by atoms with Gasteiger partial charge in [0, 0.05) is 11.3 Å². The average molecular weight is 311 g/mol. The van der Waals surface area contributed by atoms with Crippen LogP contribution in [0, 0.1) is 6.92 Å². The van der Waals surface area contributed by atoms with Gasteiger partial charge >= 0.3 is 0 Å². The molecule has 0 aliphatic heterocycles. The minimum atomic E-state index is -0.359. The fourth-order valence-corrected chi connectivity index (χ4v) is 2.19. The van der Waals surface area contributed by atoms with E-state index in [1.807, 2.05) is 0 Å². The molecule has 4 N–H and O–H groups in total. The number of halogens is 2. The van der Waals surface area contributed by atoms with Crippen LogP contribution in [0.25, 0.3) is 0 Å². The Hall–Kier alpha value is -1.91. The molecular weight excluding hydrogens is 299 g/mol. The third kappa shape index (κ3) is 2.98. The summed E-state index contributed by atoms with van der Waals surface area (Å²) >= 11 is 11.8. The van der Waals surface area contributed by atoms with Gasteiger partial charge in [0.25, 0.3) is 5.91 Å². The number of phenolic OH excluding ortho intramolecular Hbond substituents is 1. The topological polar surface area (TPSA) is 75.3 Å². The molecule has 0 saturated carbocycles. The van der Waals surface area contributed by atoms with Gasteiger partial charge in [-0.2, -0.15) is 0 Å². The quantitative estimate of drug-likeness (QED) is 0.582. The van der Waals surface area contributed by atoms with E-state index in [4.69, 9.17) is 28.9 Å². The molecule has 0 aliphatic carbocycles. The molecule has 0 aliphatic rings. The van der Waals surface area contributed by atoms with Crippen molar-refractivity contribution in [1.82, 2.24) is 0 Å². The average Bonchev–Trinajstić information content (AvgIpc) is 2.38. The fourth-order valence-electron chi connectivity index (χ4n) is 1.70. The van der Waals surface area contributed by atoms with Crippen LogP contribution in [0.4, 0.5) is 11.4 Å². The molecule has 0 heterocycles. The summed E-state index contributed by atoms with van der Waals surface area (Å²) in [7, 11) is 0. The molecule has 4 nitrogen and oxygen atoms in total. The monoisotopic (exact) mass is 310 g/mol. The highest BCUT2D eigenvalue weighted by Gasteiger charge is 2.12. The van der Waals surface area contributed by atoms with E-state index in [0.717, 1.165) is 5.56 Å². The van der Waals surface area contributed by atoms with Gasteiger partial charge < -0.3 is 16.2 Å². The summed E-state index contributed by atoms with van der Waals surface area (Å²) in [6.45, 7) is 1.78. The number of hydrogen-bond donors (Lipinski definition) is 3. The lowest BCUT2D eigenvalue weighted by molar-refractivity contribution is 0.102. The van der Waals surface area contributed by atoms with E-state index in [9.17, 15) is 9.90 Å². The van der Waals surface area contributed by atoms with Crippen LogP contribution in [0.2, 0.25) is 10.0 Å². The number of hydrogen-bond acceptors (Lipinski definition) is 3. The Balaban J connectivity index is 2.28. The van der Waals surface area contributed by atoms with Gasteiger partial charge in [0.2, 0.25) is 0 Å². The van der Waals surface area contributed by atoms with E-state index in [1.54, 1.807) is 19.1 Å². The van der Waals surface area contributed by atoms with E-state index in [1.165, 1.54) is 18.2 Å². The minimum Gasteiger partial charge on any atom is -0.508 e. The van der Waals surface area contributed by atoms with Crippen molar-refractivity contribution in [2.45, 2.75) is 6.92 Å². The molecule has 0 aromatic heterocycles. The number of nitrogens with one attached hydrogen (secondary N) is 1. The van der Waals surface area contributed by atoms with Gasteiger partial charge in [0.15, 0.2) is 0 Å². The number of aromatic hydroxyl groups is 1. The summed E-state index contributed by atoms with van der Waals surface area (Å²) in [6, 6.07) is 7.56. The predicted octanol–water partition coefficient (Wildman–Crippen LogP) is 3.84. The summed E-state index contributed by atoms with van der Waals surface area (Å²) in [5.41, 5.74) is 7.51. The Bertz CT molecular complexity index is 664. The highest BCUT2D eigenvalue weighted by atomic mass is 35.5. The lowest BCUT2D eigenvalue weighted by Crippen LogP contribution is -2.13. The van der Waals surface area contributed by atoms with Gasteiger partial charge in [-0.05, 0) is 42.8 Å². The molecule has 0 atom stereocenters. The van der Waals surface area contributed by atoms with Crippen LogP contribution in [0.5, 0.6) is 5.75 Å². The molecule has 6 heteroatoms. The van der Waals surface area contributed by atoms with Crippen LogP contribution in [-0.4, -0.2) is 11.0 Å². The fraction of sp³-hybridized carbons (Fsp3) is 0.0714. The van der Waals surface area contributed by atoms with Crippen molar-refractivity contribution in [3.8, 4) is 5.75 Å². The lowest BCUT2D eigenvalue weighted by atomic mass is 10.1. The maximum Gasteiger partial charge on any atom is 0.255 e. The standard InChI is InChI=1S/C14H12Cl2N2O2/c1-7-4-9(19)2-3-12(7)18-14(20)8-5-10(15)13(17)11(16)6-8/h2-6,19H,17H2,1H3,(H,18,20). The number of nitrogens with two attached hydrogens (primary N) is 1. The summed E-state index contributed by atoms with van der Waals surface area (Å²) in [5, 5.41) is 12.5. The first kappa shape index (κ1) is 14.5. The normalized spacial score (nSPS) is 10.3. The molecular formula is C14H12Cl2N2O2. The van der Waals surface area contributed by atoms with Crippen LogP contribution in [0.3, 0.4) is 0 Å². The van der Waals surface area contributed by atoms with Crippen molar-refractivity contribution in [3.63, 3.8) is 0 Å². The molecule has 0 spiro atoms. The Kier molecular flexibility index (Phi) is 4.06. The Morgan fingerprint density at radius 2 is 1.80 bits per heavy atom. The molecule has 104 valence electrons. The lowest BCUT2D eigenvalue weighted by Gasteiger charge is -2.10. The summed E-state index contributed by atoms with van der Waals surface area (Å²) in [5.74, 6) is -0.221. The zero-order chi connectivity index (χ0) is 14.9. The largest absolute Gasteiger partial charge is 0.508 e. The second-order valence-corrected chi connectivity index (χ2v) is 5.12. The maximum absolute atomic E-state index is 12.1. The summed E-state index contributed by atoms with van der Waals surface area (Å²) in [6.07, 6.45) is 0. The molecule has 0 saturated heterocycles. The molecule has 0 radical (unpaired) electrons. The van der Waals surface area contributed by atoms with Gasteiger partial charge in [0.05, 0.1) is 15.7 Å². The van der Waals surface area contributed by atoms with E-state index < -0.39 is 0 Å². The van der Waals surface area contributed by atoms with E-state index >= 15 is 0 Å². The van der Waals surface area contributed by atoms with Gasteiger partial charge in [-0.15, -0.1) is 0 Å². The van der Waals surface area contributed by atoms with Gasteiger partial charge in [-0.1, -0.05) is 23.2 Å². The number of carbonyl (C=O) groups is 1. The molecule has 0 unspecified atom stereocenters. The van der Waals surface area contributed by atoms with Crippen molar-refractivity contribution >= 4 is 40.5 Å². The third-order valence-electron chi connectivity index (χ3n) is 2.80. The minimum absolute atomic E-state index is 0.138. The van der Waals surface area contributed by atoms with Gasteiger partial charge in [-0.3, -0.25) is 4.79 Å². The van der Waals surface area contributed by atoms with Crippen LogP contribution >= 0.6 is 23.2 Å². The van der Waals surface area contributed by atoms with Crippen LogP contribution in [0.1, 0.15) is 15.9 Å². The number of phenols is 1. The first-order chi connectivity index (χ1) is 9.38. The van der Waals surface area contributed by atoms with Crippen molar-refractivity contribution in [2.75, 3.05) is 11.1 Å². The summed E-state index contributed by atoms with van der Waals surface area (Å²) < 4.78 is 0. The first-order valence-electron chi connectivity index (χ1n) is 5.74. The molecule has 20 heavy (non-hydrogen) atoms. The molecule has 0 fully saturated rings. The molecule has 1 amide bonds. The number of anilines is 2.